The molecule has 0 bridgehead atoms. The Morgan fingerprint density at radius 3 is 2.83 bits per heavy atom. The van der Waals surface area contributed by atoms with Gasteiger partial charge in [0.05, 0.1) is 36.4 Å². The summed E-state index contributed by atoms with van der Waals surface area (Å²) in [5, 5.41) is 19.7. The molecule has 1 spiro atoms. The molecule has 0 unspecified atom stereocenters. The van der Waals surface area contributed by atoms with Crippen molar-refractivity contribution in [3.05, 3.63) is 24.7 Å². The number of anilines is 1. The molecule has 7 nitrogen and oxygen atoms in total. The van der Waals surface area contributed by atoms with Crippen LogP contribution in [-0.2, 0) is 0 Å². The fourth-order valence-electron chi connectivity index (χ4n) is 4.56. The number of rotatable bonds is 3. The average molecular weight is 329 g/mol. The molecule has 0 atom stereocenters. The van der Waals surface area contributed by atoms with Gasteiger partial charge in [0.15, 0.2) is 5.65 Å². The van der Waals surface area contributed by atoms with Gasteiger partial charge < -0.3 is 15.7 Å². The zero-order chi connectivity index (χ0) is 16.6. The lowest BCUT2D eigenvalue weighted by Crippen LogP contribution is -2.65. The van der Waals surface area contributed by atoms with Crippen LogP contribution in [0.1, 0.15) is 44.9 Å². The summed E-state index contributed by atoms with van der Waals surface area (Å²) in [5.74, 6) is 0. The molecule has 0 aromatic carbocycles. The SMILES string of the molecule is O=C(Nc1cnc2ccnn2c1)NC1(CO)CC2(CCCCC2)C1. The normalized spacial score (nSPS) is 21.4. The Balaban J connectivity index is 1.39. The molecule has 0 radical (unpaired) electrons. The second-order valence-electron chi connectivity index (χ2n) is 7.41. The van der Waals surface area contributed by atoms with Crippen LogP contribution in [0.5, 0.6) is 0 Å². The highest BCUT2D eigenvalue weighted by Crippen LogP contribution is 2.56. The van der Waals surface area contributed by atoms with Gasteiger partial charge in [-0.05, 0) is 31.1 Å². The number of aliphatic hydroxyl groups excluding tert-OH is 1. The highest BCUT2D eigenvalue weighted by atomic mass is 16.3. The second kappa shape index (κ2) is 5.73. The number of carbonyl (C=O) groups excluding carboxylic acids is 1. The van der Waals surface area contributed by atoms with Gasteiger partial charge in [0.25, 0.3) is 0 Å². The summed E-state index contributed by atoms with van der Waals surface area (Å²) < 4.78 is 1.61. The van der Waals surface area contributed by atoms with Crippen molar-refractivity contribution in [2.24, 2.45) is 5.41 Å². The Labute approximate surface area is 140 Å². The van der Waals surface area contributed by atoms with Crippen molar-refractivity contribution in [3.8, 4) is 0 Å². The number of aliphatic hydroxyl groups is 1. The number of nitrogens with one attached hydrogen (secondary N) is 2. The van der Waals surface area contributed by atoms with Gasteiger partial charge in [0, 0.05) is 6.07 Å². The van der Waals surface area contributed by atoms with Crippen LogP contribution in [-0.4, -0.2) is 37.9 Å². The molecule has 2 aliphatic carbocycles. The number of hydrogen-bond donors (Lipinski definition) is 3. The molecule has 24 heavy (non-hydrogen) atoms. The molecule has 2 fully saturated rings. The van der Waals surface area contributed by atoms with Crippen molar-refractivity contribution in [3.63, 3.8) is 0 Å². The molecule has 0 saturated heterocycles. The Morgan fingerprint density at radius 1 is 1.29 bits per heavy atom. The van der Waals surface area contributed by atoms with Crippen molar-refractivity contribution in [1.29, 1.82) is 0 Å². The van der Waals surface area contributed by atoms with E-state index in [9.17, 15) is 9.90 Å². The molecule has 3 N–H and O–H groups in total. The number of urea groups is 1. The minimum Gasteiger partial charge on any atom is -0.394 e. The van der Waals surface area contributed by atoms with Gasteiger partial charge in [-0.15, -0.1) is 0 Å². The van der Waals surface area contributed by atoms with E-state index in [4.69, 9.17) is 0 Å². The van der Waals surface area contributed by atoms with E-state index in [1.807, 2.05) is 0 Å². The predicted octanol–water partition coefficient (Wildman–Crippen LogP) is 2.33. The maximum atomic E-state index is 12.3. The van der Waals surface area contributed by atoms with E-state index >= 15 is 0 Å². The van der Waals surface area contributed by atoms with Gasteiger partial charge in [-0.25, -0.2) is 14.3 Å². The van der Waals surface area contributed by atoms with E-state index in [2.05, 4.69) is 20.7 Å². The smallest absolute Gasteiger partial charge is 0.319 e. The first-order valence-electron chi connectivity index (χ1n) is 8.62. The van der Waals surface area contributed by atoms with Crippen LogP contribution in [0, 0.1) is 5.41 Å². The van der Waals surface area contributed by atoms with Crippen molar-refractivity contribution in [2.45, 2.75) is 50.5 Å². The Bertz CT molecular complexity index is 742. The summed E-state index contributed by atoms with van der Waals surface area (Å²) in [6.07, 6.45) is 13.0. The summed E-state index contributed by atoms with van der Waals surface area (Å²) in [7, 11) is 0. The lowest BCUT2D eigenvalue weighted by Gasteiger charge is -2.57. The Hall–Kier alpha value is -2.15. The summed E-state index contributed by atoms with van der Waals surface area (Å²) >= 11 is 0. The summed E-state index contributed by atoms with van der Waals surface area (Å²) in [6.45, 7) is -0.0153. The largest absolute Gasteiger partial charge is 0.394 e. The van der Waals surface area contributed by atoms with E-state index < -0.39 is 5.54 Å². The molecule has 2 aromatic heterocycles. The lowest BCUT2D eigenvalue weighted by molar-refractivity contribution is -0.0493. The second-order valence-corrected chi connectivity index (χ2v) is 7.41. The van der Waals surface area contributed by atoms with Crippen molar-refractivity contribution >= 4 is 17.4 Å². The van der Waals surface area contributed by atoms with Gasteiger partial charge in [-0.2, -0.15) is 5.10 Å². The number of aromatic nitrogens is 3. The van der Waals surface area contributed by atoms with Gasteiger partial charge in [-0.1, -0.05) is 19.3 Å². The zero-order valence-corrected chi connectivity index (χ0v) is 13.7. The van der Waals surface area contributed by atoms with E-state index in [0.29, 0.717) is 11.1 Å². The molecule has 128 valence electrons. The van der Waals surface area contributed by atoms with E-state index in [1.54, 1.807) is 29.2 Å². The van der Waals surface area contributed by atoms with Gasteiger partial charge in [-0.3, -0.25) is 0 Å². The first-order chi connectivity index (χ1) is 11.6. The number of nitrogens with zero attached hydrogens (tertiary/aromatic N) is 3. The molecular formula is C17H23N5O2. The van der Waals surface area contributed by atoms with Gasteiger partial charge >= 0.3 is 6.03 Å². The lowest BCUT2D eigenvalue weighted by atomic mass is 9.52. The summed E-state index contributed by atoms with van der Waals surface area (Å²) in [6, 6.07) is 1.49. The molecule has 2 amide bonds. The van der Waals surface area contributed by atoms with E-state index in [0.717, 1.165) is 18.5 Å². The monoisotopic (exact) mass is 329 g/mol. The summed E-state index contributed by atoms with van der Waals surface area (Å²) in [4.78, 5) is 16.6. The third-order valence-electron chi connectivity index (χ3n) is 5.53. The maximum absolute atomic E-state index is 12.3. The minimum absolute atomic E-state index is 0.0153. The van der Waals surface area contributed by atoms with Crippen LogP contribution in [0.25, 0.3) is 5.65 Å². The highest BCUT2D eigenvalue weighted by molar-refractivity contribution is 5.89. The van der Waals surface area contributed by atoms with Crippen LogP contribution >= 0.6 is 0 Å². The molecular weight excluding hydrogens is 306 g/mol. The number of amides is 2. The number of fused-ring (bicyclic) bond motifs is 1. The van der Waals surface area contributed by atoms with Crippen LogP contribution in [0.4, 0.5) is 10.5 Å². The van der Waals surface area contributed by atoms with Crippen molar-refractivity contribution in [2.75, 3.05) is 11.9 Å². The first-order valence-corrected chi connectivity index (χ1v) is 8.62. The number of hydrogen-bond acceptors (Lipinski definition) is 4. The summed E-state index contributed by atoms with van der Waals surface area (Å²) in [5.41, 5.74) is 1.16. The van der Waals surface area contributed by atoms with Gasteiger partial charge in [0.1, 0.15) is 0 Å². The van der Waals surface area contributed by atoms with Crippen LogP contribution in [0.2, 0.25) is 0 Å². The molecule has 4 rings (SSSR count). The van der Waals surface area contributed by atoms with Gasteiger partial charge in [0.2, 0.25) is 0 Å². The zero-order valence-electron chi connectivity index (χ0n) is 13.7. The molecule has 2 saturated carbocycles. The fourth-order valence-corrected chi connectivity index (χ4v) is 4.56. The standard InChI is InChI=1S/C17H23N5O2/c23-12-17(10-16(11-17)5-2-1-3-6-16)21-15(24)20-13-8-18-14-4-7-19-22(14)9-13/h4,7-9,23H,1-3,5-6,10-12H2,(H2,20,21,24). The van der Waals surface area contributed by atoms with Crippen LogP contribution < -0.4 is 10.6 Å². The quantitative estimate of drug-likeness (QED) is 0.806. The topological polar surface area (TPSA) is 91.6 Å². The Morgan fingerprint density at radius 2 is 2.08 bits per heavy atom. The molecule has 2 aromatic rings. The predicted molar refractivity (Wildman–Crippen MR) is 89.7 cm³/mol. The maximum Gasteiger partial charge on any atom is 0.319 e. The third-order valence-corrected chi connectivity index (χ3v) is 5.53. The average Bonchev–Trinajstić information content (AvgIpc) is 3.01. The first kappa shape index (κ1) is 15.4. The minimum atomic E-state index is -0.481. The van der Waals surface area contributed by atoms with Crippen molar-refractivity contribution < 1.29 is 9.90 Å². The van der Waals surface area contributed by atoms with Crippen LogP contribution in [0.3, 0.4) is 0 Å². The highest BCUT2D eigenvalue weighted by Gasteiger charge is 2.54. The van der Waals surface area contributed by atoms with Crippen molar-refractivity contribution in [1.82, 2.24) is 19.9 Å². The third kappa shape index (κ3) is 2.73. The molecule has 0 aliphatic heterocycles. The molecule has 2 aliphatic rings. The van der Waals surface area contributed by atoms with E-state index in [-0.39, 0.29) is 12.6 Å². The number of carbonyl (C=O) groups is 1. The van der Waals surface area contributed by atoms with E-state index in [1.165, 1.54) is 32.1 Å². The molecule has 7 heteroatoms. The fraction of sp³-hybridized carbons (Fsp3) is 0.588. The van der Waals surface area contributed by atoms with Crippen LogP contribution in [0.15, 0.2) is 24.7 Å². The molecule has 2 heterocycles. The Kier molecular flexibility index (Phi) is 3.68.